The predicted molar refractivity (Wildman–Crippen MR) is 168 cm³/mol. The highest BCUT2D eigenvalue weighted by Gasteiger charge is 2.63. The number of benzene rings is 1. The van der Waals surface area contributed by atoms with Gasteiger partial charge in [0, 0.05) is 17.4 Å². The Morgan fingerprint density at radius 1 is 1.18 bits per heavy atom. The summed E-state index contributed by atoms with van der Waals surface area (Å²) < 4.78 is 6.10. The molecular weight excluding hydrogens is 581 g/mol. The molecule has 0 radical (unpaired) electrons. The van der Waals surface area contributed by atoms with E-state index in [1.54, 1.807) is 50.2 Å². The number of aliphatic hydroxyl groups excluding tert-OH is 3. The molecule has 6 rings (SSSR count). The maximum Gasteiger partial charge on any atom is 0.252 e. The van der Waals surface area contributed by atoms with Gasteiger partial charge in [-0.05, 0) is 82.2 Å². The number of carbonyl (C=O) groups is 2. The number of ketones is 1. The van der Waals surface area contributed by atoms with Crippen LogP contribution in [0.2, 0.25) is 0 Å². The molecule has 0 bridgehead atoms. The number of likely N-dealkylation sites (tertiary alicyclic amines) is 1. The normalized spacial score (nSPS) is 31.5. The molecule has 1 unspecified atom stereocenters. The van der Waals surface area contributed by atoms with Crippen molar-refractivity contribution in [1.82, 2.24) is 9.80 Å². The highest BCUT2D eigenvalue weighted by molar-refractivity contribution is 7.20. The summed E-state index contributed by atoms with van der Waals surface area (Å²) in [5.41, 5.74) is 6.67. The highest BCUT2D eigenvalue weighted by atomic mass is 31.0. The van der Waals surface area contributed by atoms with Crippen LogP contribution in [0.5, 0.6) is 5.75 Å². The second-order valence-electron chi connectivity index (χ2n) is 12.7. The van der Waals surface area contributed by atoms with Crippen molar-refractivity contribution in [3.05, 3.63) is 75.5 Å². The van der Waals surface area contributed by atoms with Gasteiger partial charge in [-0.15, -0.1) is 9.24 Å². The van der Waals surface area contributed by atoms with Crippen LogP contribution < -0.4 is 5.73 Å². The number of likely N-dealkylation sites (N-methyl/N-ethyl adjacent to an activating group) is 1. The molecule has 44 heavy (non-hydrogen) atoms. The van der Waals surface area contributed by atoms with Crippen LogP contribution in [0.1, 0.15) is 54.3 Å². The van der Waals surface area contributed by atoms with Crippen LogP contribution >= 0.6 is 9.24 Å². The Morgan fingerprint density at radius 2 is 1.86 bits per heavy atom. The largest absolute Gasteiger partial charge is 0.511 e. The van der Waals surface area contributed by atoms with E-state index in [0.717, 1.165) is 31.7 Å². The first kappa shape index (κ1) is 30.6. The lowest BCUT2D eigenvalue weighted by atomic mass is 9.55. The second kappa shape index (κ2) is 10.9. The SMILES string of the molecule is CC=C1C(C(N)=O)=C(O)[C@@H](N(C)C)[C@@H]2[C@@H](O)[C@H]3C(=C(O)[C@]12P)C(=O)c1c(ccc(-c2ccc(CN4CCCC4)o2)c1O)[C@@H]3C. The molecule has 234 valence electrons. The van der Waals surface area contributed by atoms with Crippen molar-refractivity contribution in [2.45, 2.75) is 56.5 Å². The molecular formula is C33H40N3O7P. The zero-order valence-corrected chi connectivity index (χ0v) is 26.5. The van der Waals surface area contributed by atoms with E-state index in [2.05, 4.69) is 14.1 Å². The van der Waals surface area contributed by atoms with Crippen molar-refractivity contribution in [3.8, 4) is 17.1 Å². The number of furan rings is 1. The maximum absolute atomic E-state index is 14.4. The third-order valence-corrected chi connectivity index (χ3v) is 11.1. The van der Waals surface area contributed by atoms with Crippen LogP contribution in [0.3, 0.4) is 0 Å². The van der Waals surface area contributed by atoms with Gasteiger partial charge < -0.3 is 30.6 Å². The molecule has 2 aromatic rings. The number of nitrogens with zero attached hydrogens (tertiary/aromatic N) is 2. The summed E-state index contributed by atoms with van der Waals surface area (Å²) >= 11 is 0. The van der Waals surface area contributed by atoms with Crippen molar-refractivity contribution in [2.75, 3.05) is 27.2 Å². The molecule has 1 amide bonds. The Hall–Kier alpha value is -3.43. The van der Waals surface area contributed by atoms with Crippen molar-refractivity contribution in [1.29, 1.82) is 0 Å². The van der Waals surface area contributed by atoms with Crippen molar-refractivity contribution in [3.63, 3.8) is 0 Å². The van der Waals surface area contributed by atoms with Gasteiger partial charge in [-0.25, -0.2) is 0 Å². The highest BCUT2D eigenvalue weighted by Crippen LogP contribution is 2.61. The number of Topliss-reactive ketones (excluding diaryl/α,β-unsaturated/α-hetero) is 1. The van der Waals surface area contributed by atoms with Crippen molar-refractivity contribution in [2.24, 2.45) is 17.6 Å². The molecule has 1 aliphatic heterocycles. The number of aromatic hydroxyl groups is 1. The Morgan fingerprint density at radius 3 is 2.48 bits per heavy atom. The maximum atomic E-state index is 14.4. The Labute approximate surface area is 258 Å². The topological polar surface area (TPSA) is 161 Å². The zero-order chi connectivity index (χ0) is 31.8. The number of phenols is 1. The molecule has 3 aliphatic carbocycles. The van der Waals surface area contributed by atoms with E-state index < -0.39 is 46.7 Å². The molecule has 4 aliphatic rings. The number of primary amides is 1. The minimum Gasteiger partial charge on any atom is -0.511 e. The van der Waals surface area contributed by atoms with Crippen LogP contribution in [0.25, 0.3) is 11.3 Å². The zero-order valence-electron chi connectivity index (χ0n) is 25.4. The molecule has 1 aromatic carbocycles. The minimum absolute atomic E-state index is 0.0348. The molecule has 1 saturated heterocycles. The molecule has 2 heterocycles. The summed E-state index contributed by atoms with van der Waals surface area (Å²) in [6.07, 6.45) is 2.64. The standard InChI is InChI=1S/C33H40N3O7P/c1-5-19-23(32(34)42)30(40)26(35(3)4)25-29(39)21-15(2)17-9-10-18(20-11-8-16(43-20)14-36-12-6-7-13-36)27(37)22(17)28(38)24(21)31(41)33(19,25)44/h5,8-11,15,21,25-26,29,37,39-41H,6-7,12-14,44H2,1-4H3,(H2,34,42)/t15-,21+,25+,26-,29-,33-/m0/s1. The Balaban J connectivity index is 1.50. The van der Waals surface area contributed by atoms with E-state index in [1.807, 2.05) is 13.0 Å². The fraction of sp³-hybridized carbons (Fsp3) is 0.455. The smallest absolute Gasteiger partial charge is 0.252 e. The van der Waals surface area contributed by atoms with Crippen molar-refractivity contribution >= 4 is 20.9 Å². The lowest BCUT2D eigenvalue weighted by Crippen LogP contribution is -2.63. The number of hydrogen-bond acceptors (Lipinski definition) is 9. The number of rotatable bonds is 5. The van der Waals surface area contributed by atoms with Crippen LogP contribution in [-0.4, -0.2) is 86.4 Å². The first-order valence-electron chi connectivity index (χ1n) is 15.0. The first-order chi connectivity index (χ1) is 20.8. The monoisotopic (exact) mass is 621 g/mol. The van der Waals surface area contributed by atoms with Crippen LogP contribution in [0.4, 0.5) is 0 Å². The number of hydrogen-bond donors (Lipinski definition) is 5. The van der Waals surface area contributed by atoms with Crippen LogP contribution in [-0.2, 0) is 11.3 Å². The van der Waals surface area contributed by atoms with Crippen LogP contribution in [0, 0.1) is 11.8 Å². The Kier molecular flexibility index (Phi) is 7.56. The van der Waals surface area contributed by atoms with Gasteiger partial charge in [0.05, 0.1) is 40.5 Å². The molecule has 6 N–H and O–H groups in total. The summed E-state index contributed by atoms with van der Waals surface area (Å²) in [5.74, 6) is -3.42. The Bertz CT molecular complexity index is 1650. The molecule has 7 atom stereocenters. The van der Waals surface area contributed by atoms with Gasteiger partial charge in [0.25, 0.3) is 5.91 Å². The summed E-state index contributed by atoms with van der Waals surface area (Å²) in [4.78, 5) is 31.0. The van der Waals surface area contributed by atoms with E-state index in [1.165, 1.54) is 0 Å². The lowest BCUT2D eigenvalue weighted by molar-refractivity contribution is -0.115. The van der Waals surface area contributed by atoms with Gasteiger partial charge in [-0.3, -0.25) is 19.4 Å². The van der Waals surface area contributed by atoms with Gasteiger partial charge in [0.1, 0.15) is 28.8 Å². The molecule has 1 fully saturated rings. The summed E-state index contributed by atoms with van der Waals surface area (Å²) in [6, 6.07) is 6.24. The number of aliphatic hydroxyl groups is 3. The number of fused-ring (bicyclic) bond motifs is 3. The van der Waals surface area contributed by atoms with E-state index in [-0.39, 0.29) is 39.6 Å². The van der Waals surface area contributed by atoms with E-state index in [4.69, 9.17) is 10.2 Å². The second-order valence-corrected chi connectivity index (χ2v) is 13.6. The van der Waals surface area contributed by atoms with Crippen LogP contribution in [0.15, 0.2) is 63.0 Å². The van der Waals surface area contributed by atoms with E-state index in [9.17, 15) is 30.0 Å². The number of carbonyl (C=O) groups excluding carboxylic acids is 2. The number of phenolic OH excluding ortho intramolecular Hbond substituents is 1. The van der Waals surface area contributed by atoms with Gasteiger partial charge in [0.15, 0.2) is 5.78 Å². The molecule has 10 nitrogen and oxygen atoms in total. The van der Waals surface area contributed by atoms with Crippen molar-refractivity contribution < 1.29 is 34.4 Å². The fourth-order valence-electron chi connectivity index (χ4n) is 8.14. The number of nitrogens with two attached hydrogens (primary N) is 1. The fourth-order valence-corrected chi connectivity index (χ4v) is 8.99. The van der Waals surface area contributed by atoms with E-state index in [0.29, 0.717) is 23.4 Å². The lowest BCUT2D eigenvalue weighted by Gasteiger charge is -2.56. The van der Waals surface area contributed by atoms with Gasteiger partial charge >= 0.3 is 0 Å². The third-order valence-electron chi connectivity index (χ3n) is 10.1. The van der Waals surface area contributed by atoms with Gasteiger partial charge in [-0.1, -0.05) is 19.1 Å². The summed E-state index contributed by atoms with van der Waals surface area (Å²) in [6.45, 7) is 6.17. The van der Waals surface area contributed by atoms with Gasteiger partial charge in [-0.2, -0.15) is 0 Å². The average molecular weight is 622 g/mol. The molecule has 0 saturated carbocycles. The molecule has 1 aromatic heterocycles. The predicted octanol–water partition coefficient (Wildman–Crippen LogP) is 3.77. The quantitative estimate of drug-likeness (QED) is 0.313. The van der Waals surface area contributed by atoms with Gasteiger partial charge in [0.2, 0.25) is 0 Å². The first-order valence-corrected chi connectivity index (χ1v) is 15.6. The van der Waals surface area contributed by atoms with E-state index >= 15 is 0 Å². The molecule has 11 heteroatoms. The summed E-state index contributed by atoms with van der Waals surface area (Å²) in [7, 11) is 5.95. The third kappa shape index (κ3) is 4.22. The summed E-state index contributed by atoms with van der Waals surface area (Å²) in [5, 5.41) is 45.6. The molecule has 0 spiro atoms. The number of allylic oxidation sites excluding steroid dienone is 2. The minimum atomic E-state index is -1.53. The number of amides is 1. The average Bonchev–Trinajstić information content (AvgIpc) is 3.66.